The molecule has 0 spiro atoms. The third-order valence-corrected chi connectivity index (χ3v) is 7.21. The van der Waals surface area contributed by atoms with Crippen LogP contribution in [0.15, 0.2) is 53.8 Å². The molecule has 0 radical (unpaired) electrons. The van der Waals surface area contributed by atoms with Gasteiger partial charge >= 0.3 is 6.09 Å². The molecule has 4 heterocycles. The molecule has 3 N–H and O–H groups in total. The van der Waals surface area contributed by atoms with Gasteiger partial charge in [-0.15, -0.1) is 0 Å². The molecule has 1 aromatic carbocycles. The molecule has 1 aliphatic heterocycles. The maximum absolute atomic E-state index is 15.0. The second-order valence-corrected chi connectivity index (χ2v) is 9.98. The summed E-state index contributed by atoms with van der Waals surface area (Å²) in [6, 6.07) is 6.75. The molecule has 0 aliphatic carbocycles. The minimum Gasteiger partial charge on any atom is -0.465 e. The van der Waals surface area contributed by atoms with Crippen molar-refractivity contribution in [3.8, 4) is 22.5 Å². The Morgan fingerprint density at radius 2 is 2.00 bits per heavy atom. The number of aromatic nitrogens is 5. The van der Waals surface area contributed by atoms with Gasteiger partial charge in [0.25, 0.3) is 5.56 Å². The first-order valence-electron chi connectivity index (χ1n) is 12.5. The van der Waals surface area contributed by atoms with Crippen LogP contribution in [-0.4, -0.2) is 41.4 Å². The maximum Gasteiger partial charge on any atom is 0.409 e. The summed E-state index contributed by atoms with van der Waals surface area (Å²) in [7, 11) is 1.77. The van der Waals surface area contributed by atoms with E-state index in [1.807, 2.05) is 13.0 Å². The largest absolute Gasteiger partial charge is 0.465 e. The zero-order valence-corrected chi connectivity index (χ0v) is 22.3. The van der Waals surface area contributed by atoms with Crippen LogP contribution in [0.3, 0.4) is 0 Å². The Labute approximate surface area is 232 Å². The first-order chi connectivity index (χ1) is 19.1. The number of amides is 2. The Morgan fingerprint density at radius 3 is 2.75 bits per heavy atom. The Morgan fingerprint density at radius 1 is 1.20 bits per heavy atom. The Hall–Kier alpha value is -4.58. The number of anilines is 2. The lowest BCUT2D eigenvalue weighted by Crippen LogP contribution is -2.27. The van der Waals surface area contributed by atoms with E-state index in [0.717, 1.165) is 11.6 Å². The van der Waals surface area contributed by atoms with Crippen LogP contribution in [0.2, 0.25) is 5.02 Å². The van der Waals surface area contributed by atoms with Gasteiger partial charge in [-0.2, -0.15) is 5.10 Å². The van der Waals surface area contributed by atoms with Gasteiger partial charge in [0, 0.05) is 30.8 Å². The molecule has 13 heteroatoms. The average Bonchev–Trinajstić information content (AvgIpc) is 3.28. The van der Waals surface area contributed by atoms with E-state index < -0.39 is 23.5 Å². The molecule has 2 atom stereocenters. The highest BCUT2D eigenvalue weighted by molar-refractivity contribution is 6.31. The van der Waals surface area contributed by atoms with E-state index >= 15 is 4.39 Å². The van der Waals surface area contributed by atoms with Crippen molar-refractivity contribution in [1.82, 2.24) is 24.3 Å². The molecule has 0 unspecified atom stereocenters. The van der Waals surface area contributed by atoms with Crippen molar-refractivity contribution in [1.29, 1.82) is 0 Å². The van der Waals surface area contributed by atoms with Crippen LogP contribution >= 0.6 is 11.6 Å². The lowest BCUT2D eigenvalue weighted by molar-refractivity contribution is -0.119. The summed E-state index contributed by atoms with van der Waals surface area (Å²) < 4.78 is 18.1. The van der Waals surface area contributed by atoms with Gasteiger partial charge in [-0.1, -0.05) is 24.9 Å². The predicted molar refractivity (Wildman–Crippen MR) is 147 cm³/mol. The van der Waals surface area contributed by atoms with Crippen LogP contribution in [0, 0.1) is 11.7 Å². The number of carboxylic acid groups (broad SMARTS) is 1. The van der Waals surface area contributed by atoms with E-state index in [1.165, 1.54) is 23.0 Å². The number of carbonyl (C=O) groups is 2. The standard InChI is InChI=1S/C27H25ClFN7O4/c1-14-4-3-5-21(18-10-15(8-9-30-18)25-20(33-26(14)38)12-32-35(25)2)36-13-31-19(11-22(36)37)23-17(34-27(39)40)7-6-16(28)24(23)29/h6-14,21,34H,3-5H2,1-2H3,(H,33,38)(H,39,40)/t14-,21+/m1/s1. The number of fused-ring (bicyclic) bond motifs is 4. The minimum absolute atomic E-state index is 0.0790. The van der Waals surface area contributed by atoms with Crippen molar-refractivity contribution < 1.29 is 19.1 Å². The van der Waals surface area contributed by atoms with Crippen molar-refractivity contribution in [2.24, 2.45) is 13.0 Å². The summed E-state index contributed by atoms with van der Waals surface area (Å²) in [4.78, 5) is 46.4. The van der Waals surface area contributed by atoms with Crippen LogP contribution in [0.5, 0.6) is 0 Å². The third-order valence-electron chi connectivity index (χ3n) is 6.92. The molecule has 2 bridgehead atoms. The average molecular weight is 566 g/mol. The van der Waals surface area contributed by atoms with Crippen molar-refractivity contribution in [3.63, 3.8) is 0 Å². The predicted octanol–water partition coefficient (Wildman–Crippen LogP) is 4.94. The monoisotopic (exact) mass is 565 g/mol. The maximum atomic E-state index is 15.0. The number of halogens is 2. The van der Waals surface area contributed by atoms with Crippen LogP contribution in [0.4, 0.5) is 20.6 Å². The molecule has 2 amide bonds. The number of hydrogen-bond acceptors (Lipinski definition) is 6. The molecule has 11 nitrogen and oxygen atoms in total. The SMILES string of the molecule is C[C@@H]1CCC[C@H](n2cnc(-c3c(NC(=O)O)ccc(Cl)c3F)cc2=O)c2cc(ccn2)-c2c(cnn2C)NC1=O. The molecule has 40 heavy (non-hydrogen) atoms. The summed E-state index contributed by atoms with van der Waals surface area (Å²) in [5, 5.41) is 18.3. The minimum atomic E-state index is -1.41. The van der Waals surface area contributed by atoms with E-state index in [2.05, 4.69) is 25.7 Å². The highest BCUT2D eigenvalue weighted by Gasteiger charge is 2.25. The van der Waals surface area contributed by atoms with Gasteiger partial charge in [-0.05, 0) is 37.1 Å². The van der Waals surface area contributed by atoms with Gasteiger partial charge in [0.15, 0.2) is 5.82 Å². The molecular formula is C27H25ClFN7O4. The van der Waals surface area contributed by atoms with Gasteiger partial charge < -0.3 is 10.4 Å². The fourth-order valence-corrected chi connectivity index (χ4v) is 5.04. The van der Waals surface area contributed by atoms with Gasteiger partial charge in [-0.25, -0.2) is 14.2 Å². The van der Waals surface area contributed by atoms with Crippen molar-refractivity contribution >= 4 is 35.0 Å². The number of nitrogens with one attached hydrogen (secondary N) is 2. The second-order valence-electron chi connectivity index (χ2n) is 9.57. The molecule has 1 aliphatic rings. The van der Waals surface area contributed by atoms with E-state index in [9.17, 15) is 19.5 Å². The van der Waals surface area contributed by atoms with Crippen molar-refractivity contribution in [2.45, 2.75) is 32.2 Å². The number of pyridine rings is 1. The second kappa shape index (κ2) is 10.9. The van der Waals surface area contributed by atoms with Crippen LogP contribution in [0.25, 0.3) is 22.5 Å². The Bertz CT molecular complexity index is 1690. The van der Waals surface area contributed by atoms with Crippen molar-refractivity contribution in [3.05, 3.63) is 75.9 Å². The molecule has 4 aromatic rings. The number of nitrogens with zero attached hydrogens (tertiary/aromatic N) is 5. The number of benzene rings is 1. The number of rotatable bonds is 3. The Balaban J connectivity index is 1.61. The van der Waals surface area contributed by atoms with Gasteiger partial charge in [0.2, 0.25) is 5.91 Å². The van der Waals surface area contributed by atoms with Crippen LogP contribution in [0.1, 0.15) is 37.9 Å². The molecule has 0 saturated carbocycles. The fourth-order valence-electron chi connectivity index (χ4n) is 4.88. The highest BCUT2D eigenvalue weighted by Crippen LogP contribution is 2.35. The lowest BCUT2D eigenvalue weighted by Gasteiger charge is -2.22. The number of aryl methyl sites for hydroxylation is 1. The lowest BCUT2D eigenvalue weighted by atomic mass is 9.97. The normalized spacial score (nSPS) is 17.2. The van der Waals surface area contributed by atoms with Gasteiger partial charge in [0.05, 0.1) is 57.6 Å². The summed E-state index contributed by atoms with van der Waals surface area (Å²) >= 11 is 5.95. The van der Waals surface area contributed by atoms with E-state index in [4.69, 9.17) is 11.6 Å². The number of hydrogen-bond donors (Lipinski definition) is 3. The van der Waals surface area contributed by atoms with Gasteiger partial charge in [0.1, 0.15) is 0 Å². The summed E-state index contributed by atoms with van der Waals surface area (Å²) in [6.45, 7) is 1.84. The Kier molecular flexibility index (Phi) is 7.35. The quantitative estimate of drug-likeness (QED) is 0.319. The third kappa shape index (κ3) is 5.17. The van der Waals surface area contributed by atoms with Crippen molar-refractivity contribution in [2.75, 3.05) is 10.6 Å². The topological polar surface area (TPSA) is 144 Å². The molecule has 0 saturated heterocycles. The van der Waals surface area contributed by atoms with E-state index in [-0.39, 0.29) is 33.8 Å². The van der Waals surface area contributed by atoms with Crippen LogP contribution in [-0.2, 0) is 11.8 Å². The molecule has 5 rings (SSSR count). The zero-order valence-electron chi connectivity index (χ0n) is 21.6. The fraction of sp³-hybridized carbons (Fsp3) is 0.259. The smallest absolute Gasteiger partial charge is 0.409 e. The first kappa shape index (κ1) is 27.0. The summed E-state index contributed by atoms with van der Waals surface area (Å²) in [5.74, 6) is -1.32. The van der Waals surface area contributed by atoms with Gasteiger partial charge in [-0.3, -0.25) is 29.1 Å². The van der Waals surface area contributed by atoms with E-state index in [1.54, 1.807) is 30.2 Å². The number of carbonyl (C=O) groups excluding carboxylic acids is 1. The first-order valence-corrected chi connectivity index (χ1v) is 12.9. The molecule has 3 aromatic heterocycles. The van der Waals surface area contributed by atoms with Crippen LogP contribution < -0.4 is 16.2 Å². The zero-order chi connectivity index (χ0) is 28.6. The molecule has 206 valence electrons. The molecule has 0 fully saturated rings. The summed E-state index contributed by atoms with van der Waals surface area (Å²) in [5.41, 5.74) is 1.71. The highest BCUT2D eigenvalue weighted by atomic mass is 35.5. The summed E-state index contributed by atoms with van der Waals surface area (Å²) in [6.07, 6.45) is 4.76. The van der Waals surface area contributed by atoms with E-state index in [0.29, 0.717) is 36.3 Å². The molecular weight excluding hydrogens is 541 g/mol.